The number of nitrogens with zero attached hydrogens (tertiary/aromatic N) is 2. The molecule has 4 aromatic carbocycles. The molecule has 4 aromatic rings. The number of carbonyl (C=O) groups excluding carboxylic acids is 4. The second-order valence-electron chi connectivity index (χ2n) is 11.8. The van der Waals surface area contributed by atoms with Gasteiger partial charge in [0.15, 0.2) is 0 Å². The Balaban J connectivity index is 0.000000188. The average molecular weight is 640 g/mol. The van der Waals surface area contributed by atoms with Crippen molar-refractivity contribution in [2.24, 2.45) is 0 Å². The molecule has 2 amide bonds. The van der Waals surface area contributed by atoms with Crippen LogP contribution in [0.2, 0.25) is 0 Å². The minimum absolute atomic E-state index is 0.0461. The molecular weight excluding hydrogens is 602 g/mol. The van der Waals surface area contributed by atoms with Gasteiger partial charge in [-0.05, 0) is 46.2 Å². The van der Waals surface area contributed by atoms with Crippen LogP contribution in [0, 0.1) is 0 Å². The summed E-state index contributed by atoms with van der Waals surface area (Å²) >= 11 is 0. The van der Waals surface area contributed by atoms with Gasteiger partial charge in [-0.3, -0.25) is 9.59 Å². The topological polar surface area (TPSA) is 93.2 Å². The van der Waals surface area contributed by atoms with Crippen molar-refractivity contribution in [1.82, 2.24) is 9.62 Å². The van der Waals surface area contributed by atoms with Crippen LogP contribution in [-0.4, -0.2) is 87.1 Å². The van der Waals surface area contributed by atoms with E-state index in [0.29, 0.717) is 38.1 Å². The molecule has 0 saturated carbocycles. The highest BCUT2D eigenvalue weighted by atomic mass is 16.5. The fourth-order valence-electron chi connectivity index (χ4n) is 6.37. The highest BCUT2D eigenvalue weighted by Crippen LogP contribution is 2.27. The lowest BCUT2D eigenvalue weighted by Crippen LogP contribution is -2.39. The van der Waals surface area contributed by atoms with Gasteiger partial charge in [-0.15, -0.1) is 0 Å². The number of benzene rings is 4. The third-order valence-electron chi connectivity index (χ3n) is 8.90. The van der Waals surface area contributed by atoms with E-state index in [1.165, 1.54) is 49.8 Å². The number of hydrogen-bond acceptors (Lipinski definition) is 6. The zero-order valence-electron chi connectivity index (χ0n) is 27.2. The van der Waals surface area contributed by atoms with Crippen LogP contribution in [0.1, 0.15) is 24.0 Å². The summed E-state index contributed by atoms with van der Waals surface area (Å²) in [6.07, 6.45) is 2.98. The van der Waals surface area contributed by atoms with Gasteiger partial charge in [0.05, 0.1) is 0 Å². The van der Waals surface area contributed by atoms with E-state index in [0.717, 1.165) is 22.3 Å². The van der Waals surface area contributed by atoms with Crippen LogP contribution in [-0.2, 0) is 41.5 Å². The van der Waals surface area contributed by atoms with Gasteiger partial charge in [-0.2, -0.15) is 0 Å². The van der Waals surface area contributed by atoms with E-state index in [-0.39, 0.29) is 23.9 Å². The molecule has 2 radical (unpaired) electrons. The lowest BCUT2D eigenvalue weighted by molar-refractivity contribution is -0.133. The van der Waals surface area contributed by atoms with E-state index in [4.69, 9.17) is 9.47 Å². The molecule has 2 saturated heterocycles. The van der Waals surface area contributed by atoms with Crippen molar-refractivity contribution in [3.8, 4) is 22.3 Å². The van der Waals surface area contributed by atoms with E-state index in [9.17, 15) is 19.2 Å². The molecule has 0 unspecified atom stereocenters. The smallest absolute Gasteiger partial charge is 0.331 e. The summed E-state index contributed by atoms with van der Waals surface area (Å²) < 4.78 is 10.4. The molecule has 0 bridgehead atoms. The highest BCUT2D eigenvalue weighted by molar-refractivity contribution is 6.67. The maximum atomic E-state index is 12.2. The van der Waals surface area contributed by atoms with Gasteiger partial charge >= 0.3 is 14.8 Å². The van der Waals surface area contributed by atoms with Gasteiger partial charge in [0, 0.05) is 39.1 Å². The largest absolute Gasteiger partial charge is 0.377 e. The van der Waals surface area contributed by atoms with Crippen LogP contribution in [0.15, 0.2) is 109 Å². The Morgan fingerprint density at radius 1 is 0.562 bits per heavy atom. The summed E-state index contributed by atoms with van der Waals surface area (Å²) in [5.74, 6) is -0.286. The fourth-order valence-corrected chi connectivity index (χ4v) is 6.37. The predicted octanol–water partition coefficient (Wildman–Crippen LogP) is 4.64. The van der Waals surface area contributed by atoms with Crippen molar-refractivity contribution in [2.75, 3.05) is 14.2 Å². The first kappa shape index (κ1) is 34.5. The second kappa shape index (κ2) is 16.9. The van der Waals surface area contributed by atoms with E-state index in [1.54, 1.807) is 0 Å². The Hall–Kier alpha value is -4.79. The molecule has 2 aliphatic heterocycles. The molecule has 4 atom stereocenters. The molecule has 242 valence electrons. The molecule has 10 heteroatoms. The van der Waals surface area contributed by atoms with Gasteiger partial charge in [0.1, 0.15) is 24.6 Å². The molecule has 0 spiro atoms. The number of hydrogen-bond donors (Lipinski definition) is 0. The van der Waals surface area contributed by atoms with Gasteiger partial charge in [0.25, 0.3) is 0 Å². The molecule has 2 heterocycles. The van der Waals surface area contributed by atoms with Crippen LogP contribution in [0.4, 0.5) is 0 Å². The minimum atomic E-state index is -0.463. The monoisotopic (exact) mass is 640 g/mol. The molecule has 8 nitrogen and oxygen atoms in total. The third-order valence-corrected chi connectivity index (χ3v) is 8.90. The summed E-state index contributed by atoms with van der Waals surface area (Å²) in [4.78, 5) is 49.0. The minimum Gasteiger partial charge on any atom is -0.377 e. The van der Waals surface area contributed by atoms with Crippen molar-refractivity contribution >= 4 is 39.0 Å². The Morgan fingerprint density at radius 2 is 0.896 bits per heavy atom. The van der Waals surface area contributed by atoms with Gasteiger partial charge < -0.3 is 28.7 Å². The summed E-state index contributed by atoms with van der Waals surface area (Å²) in [7, 11) is 5.67. The van der Waals surface area contributed by atoms with Crippen molar-refractivity contribution < 1.29 is 28.7 Å². The third kappa shape index (κ3) is 8.37. The number of methoxy groups -OCH3 is 2. The van der Waals surface area contributed by atoms with Crippen LogP contribution in [0.3, 0.4) is 0 Å². The van der Waals surface area contributed by atoms with E-state index < -0.39 is 12.2 Å². The lowest BCUT2D eigenvalue weighted by atomic mass is 9.91. The van der Waals surface area contributed by atoms with Gasteiger partial charge in [-0.1, -0.05) is 109 Å². The Morgan fingerprint density at radius 3 is 1.21 bits per heavy atom. The summed E-state index contributed by atoms with van der Waals surface area (Å²) in [6, 6.07) is 36.9. The SMILES string of the molecule is CO[C@@H]1C[C@@H](Cc2ccc(-c3ccccc3)cc2)N([B]C=O)C1=O.CO[C@H]1C[C@@H](Cc2ccc(-c3ccccc3)cc2)N([B]C=O)C1=O. The lowest BCUT2D eigenvalue weighted by Gasteiger charge is -2.22. The standard InChI is InChI=1S/2C19H19BNO3/c2*1-24-18-12-17(21(19(18)23)20-13-22)11-14-7-9-16(10-8-14)15-5-3-2-4-6-15/h2*2-10,13,17-18H,11-12H2,1H3/t17-,18+;17-,18-/m11/s1. The average Bonchev–Trinajstić information content (AvgIpc) is 3.60. The quantitative estimate of drug-likeness (QED) is 0.166. The zero-order valence-corrected chi connectivity index (χ0v) is 27.2. The highest BCUT2D eigenvalue weighted by Gasteiger charge is 2.40. The zero-order chi connectivity index (χ0) is 33.9. The Bertz CT molecular complexity index is 1530. The number of amides is 2. The molecule has 6 rings (SSSR count). The van der Waals surface area contributed by atoms with Crippen molar-refractivity contribution in [3.05, 3.63) is 120 Å². The van der Waals surface area contributed by atoms with E-state index in [2.05, 4.69) is 72.8 Å². The fraction of sp³-hybridized carbons (Fsp3) is 0.263. The number of rotatable bonds is 12. The first-order valence-corrected chi connectivity index (χ1v) is 16.0. The first-order chi connectivity index (χ1) is 23.4. The Kier molecular flexibility index (Phi) is 12.1. The molecule has 2 aliphatic rings. The molecular formula is C38H38B2N2O6. The molecule has 0 N–H and O–H groups in total. The van der Waals surface area contributed by atoms with Crippen molar-refractivity contribution in [1.29, 1.82) is 0 Å². The number of carbonyl (C=O) groups is 4. The molecule has 0 aliphatic carbocycles. The van der Waals surface area contributed by atoms with Crippen molar-refractivity contribution in [3.63, 3.8) is 0 Å². The van der Waals surface area contributed by atoms with Gasteiger partial charge in [0.2, 0.25) is 11.8 Å². The van der Waals surface area contributed by atoms with E-state index >= 15 is 0 Å². The second-order valence-corrected chi connectivity index (χ2v) is 11.8. The molecule has 0 aromatic heterocycles. The summed E-state index contributed by atoms with van der Waals surface area (Å²) in [6.45, 7) is 0. The molecule has 2 fully saturated rings. The van der Waals surface area contributed by atoms with Crippen molar-refractivity contribution in [2.45, 2.75) is 50.0 Å². The van der Waals surface area contributed by atoms with Gasteiger partial charge in [-0.25, -0.2) is 0 Å². The van der Waals surface area contributed by atoms with Crippen LogP contribution in [0.25, 0.3) is 22.3 Å². The number of ether oxygens (including phenoxy) is 2. The maximum Gasteiger partial charge on any atom is 0.331 e. The Labute approximate surface area is 283 Å². The van der Waals surface area contributed by atoms with E-state index in [1.807, 2.05) is 36.4 Å². The predicted molar refractivity (Wildman–Crippen MR) is 188 cm³/mol. The first-order valence-electron chi connectivity index (χ1n) is 16.0. The van der Waals surface area contributed by atoms with Crippen LogP contribution in [0.5, 0.6) is 0 Å². The van der Waals surface area contributed by atoms with Crippen LogP contribution < -0.4 is 0 Å². The maximum absolute atomic E-state index is 12.2. The molecule has 48 heavy (non-hydrogen) atoms. The summed E-state index contributed by atoms with van der Waals surface area (Å²) in [5, 5.41) is 0. The normalized spacial score (nSPS) is 20.2. The van der Waals surface area contributed by atoms with Crippen LogP contribution >= 0.6 is 0 Å². The summed E-state index contributed by atoms with van der Waals surface area (Å²) in [5.41, 5.74) is 6.94.